The van der Waals surface area contributed by atoms with Gasteiger partial charge < -0.3 is 5.11 Å². The van der Waals surface area contributed by atoms with Crippen LogP contribution in [-0.4, -0.2) is 5.11 Å². The molecule has 2 atom stereocenters. The SMILES string of the molecule is C[C@H]1CCCC[C@]1(O)c1ccc(F)cc1. The highest BCUT2D eigenvalue weighted by molar-refractivity contribution is 5.24. The van der Waals surface area contributed by atoms with Crippen LogP contribution >= 0.6 is 0 Å². The van der Waals surface area contributed by atoms with E-state index in [-0.39, 0.29) is 11.7 Å². The van der Waals surface area contributed by atoms with Gasteiger partial charge in [0.15, 0.2) is 0 Å². The van der Waals surface area contributed by atoms with Gasteiger partial charge in [-0.05, 0) is 36.5 Å². The maximum atomic E-state index is 12.8. The van der Waals surface area contributed by atoms with Crippen molar-refractivity contribution in [1.82, 2.24) is 0 Å². The molecule has 1 aliphatic carbocycles. The van der Waals surface area contributed by atoms with Crippen molar-refractivity contribution in [3.63, 3.8) is 0 Å². The molecule has 0 spiro atoms. The van der Waals surface area contributed by atoms with Crippen LogP contribution in [0.15, 0.2) is 24.3 Å². The summed E-state index contributed by atoms with van der Waals surface area (Å²) >= 11 is 0. The van der Waals surface area contributed by atoms with Crippen LogP contribution in [0.3, 0.4) is 0 Å². The molecular formula is C13H17FO. The number of benzene rings is 1. The summed E-state index contributed by atoms with van der Waals surface area (Å²) in [4.78, 5) is 0. The first-order chi connectivity index (χ1) is 7.13. The summed E-state index contributed by atoms with van der Waals surface area (Å²) in [6.45, 7) is 2.07. The Bertz CT molecular complexity index is 333. The van der Waals surface area contributed by atoms with Crippen LogP contribution in [0.5, 0.6) is 0 Å². The van der Waals surface area contributed by atoms with Crippen LogP contribution in [0.4, 0.5) is 4.39 Å². The molecule has 1 saturated carbocycles. The van der Waals surface area contributed by atoms with Crippen molar-refractivity contribution in [3.05, 3.63) is 35.6 Å². The Labute approximate surface area is 89.9 Å². The zero-order chi connectivity index (χ0) is 10.9. The fourth-order valence-electron chi connectivity index (χ4n) is 2.50. The zero-order valence-corrected chi connectivity index (χ0v) is 9.04. The summed E-state index contributed by atoms with van der Waals surface area (Å²) in [5, 5.41) is 10.6. The minimum Gasteiger partial charge on any atom is -0.385 e. The fraction of sp³-hybridized carbons (Fsp3) is 0.538. The summed E-state index contributed by atoms with van der Waals surface area (Å²) in [7, 11) is 0. The molecule has 1 nitrogen and oxygen atoms in total. The second kappa shape index (κ2) is 3.93. The summed E-state index contributed by atoms with van der Waals surface area (Å²) in [5.41, 5.74) is 0.113. The second-order valence-electron chi connectivity index (χ2n) is 4.58. The van der Waals surface area contributed by atoms with Crippen molar-refractivity contribution in [2.45, 2.75) is 38.2 Å². The molecule has 15 heavy (non-hydrogen) atoms. The van der Waals surface area contributed by atoms with Gasteiger partial charge in [0.25, 0.3) is 0 Å². The minimum absolute atomic E-state index is 0.245. The van der Waals surface area contributed by atoms with Gasteiger partial charge in [0.1, 0.15) is 5.82 Å². The smallest absolute Gasteiger partial charge is 0.123 e. The van der Waals surface area contributed by atoms with E-state index in [0.717, 1.165) is 24.8 Å². The zero-order valence-electron chi connectivity index (χ0n) is 9.04. The van der Waals surface area contributed by atoms with E-state index in [4.69, 9.17) is 0 Å². The topological polar surface area (TPSA) is 20.2 Å². The van der Waals surface area contributed by atoms with Crippen LogP contribution in [0.2, 0.25) is 0 Å². The van der Waals surface area contributed by atoms with Gasteiger partial charge in [-0.2, -0.15) is 0 Å². The van der Waals surface area contributed by atoms with Crippen molar-refractivity contribution >= 4 is 0 Å². The molecule has 0 saturated heterocycles. The average Bonchev–Trinajstić information content (AvgIpc) is 2.23. The van der Waals surface area contributed by atoms with Crippen molar-refractivity contribution in [3.8, 4) is 0 Å². The van der Waals surface area contributed by atoms with Crippen LogP contribution in [0.25, 0.3) is 0 Å². The van der Waals surface area contributed by atoms with Gasteiger partial charge in [0, 0.05) is 0 Å². The van der Waals surface area contributed by atoms with Gasteiger partial charge in [0.05, 0.1) is 5.60 Å². The molecule has 1 aromatic carbocycles. The lowest BCUT2D eigenvalue weighted by atomic mass is 9.72. The standard InChI is InChI=1S/C13H17FO/c1-10-4-2-3-9-13(10,15)11-5-7-12(14)8-6-11/h5-8,10,15H,2-4,9H2,1H3/t10-,13+/m0/s1. The van der Waals surface area contributed by atoms with Gasteiger partial charge in [-0.15, -0.1) is 0 Å². The number of hydrogen-bond acceptors (Lipinski definition) is 1. The molecule has 1 N–H and O–H groups in total. The average molecular weight is 208 g/mol. The lowest BCUT2D eigenvalue weighted by Crippen LogP contribution is -2.36. The van der Waals surface area contributed by atoms with E-state index in [1.54, 1.807) is 12.1 Å². The van der Waals surface area contributed by atoms with Gasteiger partial charge in [-0.1, -0.05) is 31.9 Å². The lowest BCUT2D eigenvalue weighted by molar-refractivity contribution is -0.0470. The number of aliphatic hydroxyl groups is 1. The van der Waals surface area contributed by atoms with Crippen LogP contribution in [0.1, 0.15) is 38.2 Å². The first-order valence-corrected chi connectivity index (χ1v) is 5.61. The predicted molar refractivity (Wildman–Crippen MR) is 57.9 cm³/mol. The second-order valence-corrected chi connectivity index (χ2v) is 4.58. The van der Waals surface area contributed by atoms with E-state index in [1.165, 1.54) is 18.6 Å². The number of rotatable bonds is 1. The predicted octanol–water partition coefficient (Wildman–Crippen LogP) is 3.22. The Morgan fingerprint density at radius 2 is 1.93 bits per heavy atom. The Balaban J connectivity index is 2.30. The van der Waals surface area contributed by atoms with Crippen molar-refractivity contribution in [2.24, 2.45) is 5.92 Å². The molecule has 2 rings (SSSR count). The third-order valence-corrected chi connectivity index (χ3v) is 3.60. The van der Waals surface area contributed by atoms with Crippen LogP contribution in [0, 0.1) is 11.7 Å². The molecule has 0 heterocycles. The first kappa shape index (κ1) is 10.6. The summed E-state index contributed by atoms with van der Waals surface area (Å²) in [5.74, 6) is 0.0162. The largest absolute Gasteiger partial charge is 0.385 e. The van der Waals surface area contributed by atoms with E-state index in [9.17, 15) is 9.50 Å². The van der Waals surface area contributed by atoms with E-state index in [1.807, 2.05) is 0 Å². The normalized spacial score (nSPS) is 31.5. The molecule has 0 radical (unpaired) electrons. The number of halogens is 1. The van der Waals surface area contributed by atoms with E-state index >= 15 is 0 Å². The highest BCUT2D eigenvalue weighted by Gasteiger charge is 2.37. The minimum atomic E-state index is -0.744. The molecule has 82 valence electrons. The molecule has 1 fully saturated rings. The third-order valence-electron chi connectivity index (χ3n) is 3.60. The molecule has 1 aromatic rings. The van der Waals surface area contributed by atoms with Crippen LogP contribution in [-0.2, 0) is 5.60 Å². The summed E-state index contributed by atoms with van der Waals surface area (Å²) < 4.78 is 12.8. The molecule has 0 unspecified atom stereocenters. The molecule has 0 bridgehead atoms. The summed E-state index contributed by atoms with van der Waals surface area (Å²) in [6, 6.07) is 6.26. The quantitative estimate of drug-likeness (QED) is 0.751. The summed E-state index contributed by atoms with van der Waals surface area (Å²) in [6.07, 6.45) is 4.08. The Hall–Kier alpha value is -0.890. The molecule has 1 aliphatic rings. The van der Waals surface area contributed by atoms with E-state index in [2.05, 4.69) is 6.92 Å². The molecule has 0 amide bonds. The third kappa shape index (κ3) is 1.91. The van der Waals surface area contributed by atoms with Gasteiger partial charge in [-0.25, -0.2) is 4.39 Å². The Morgan fingerprint density at radius 3 is 2.53 bits per heavy atom. The van der Waals surface area contributed by atoms with Crippen molar-refractivity contribution in [1.29, 1.82) is 0 Å². The highest BCUT2D eigenvalue weighted by Crippen LogP contribution is 2.41. The van der Waals surface area contributed by atoms with Crippen molar-refractivity contribution < 1.29 is 9.50 Å². The maximum Gasteiger partial charge on any atom is 0.123 e. The first-order valence-electron chi connectivity index (χ1n) is 5.61. The maximum absolute atomic E-state index is 12.8. The van der Waals surface area contributed by atoms with E-state index < -0.39 is 5.60 Å². The fourth-order valence-corrected chi connectivity index (χ4v) is 2.50. The highest BCUT2D eigenvalue weighted by atomic mass is 19.1. The van der Waals surface area contributed by atoms with Gasteiger partial charge in [-0.3, -0.25) is 0 Å². The molecule has 2 heteroatoms. The number of hydrogen-bond donors (Lipinski definition) is 1. The Kier molecular flexibility index (Phi) is 2.79. The van der Waals surface area contributed by atoms with Crippen LogP contribution < -0.4 is 0 Å². The molecular weight excluding hydrogens is 191 g/mol. The molecule has 0 aliphatic heterocycles. The van der Waals surface area contributed by atoms with Gasteiger partial charge in [0.2, 0.25) is 0 Å². The lowest BCUT2D eigenvalue weighted by Gasteiger charge is -2.38. The van der Waals surface area contributed by atoms with Crippen molar-refractivity contribution in [2.75, 3.05) is 0 Å². The van der Waals surface area contributed by atoms with Gasteiger partial charge >= 0.3 is 0 Å². The van der Waals surface area contributed by atoms with E-state index in [0.29, 0.717) is 0 Å². The monoisotopic (exact) mass is 208 g/mol. The molecule has 0 aromatic heterocycles. The Morgan fingerprint density at radius 1 is 1.27 bits per heavy atom.